The third kappa shape index (κ3) is 3.33. The summed E-state index contributed by atoms with van der Waals surface area (Å²) in [4.78, 5) is 17.1. The molecular formula is C17H12ClN5OS. The average Bonchev–Trinajstić information content (AvgIpc) is 3.16. The molecule has 2 heterocycles. The van der Waals surface area contributed by atoms with Crippen molar-refractivity contribution >= 4 is 45.6 Å². The number of benzene rings is 2. The van der Waals surface area contributed by atoms with Crippen LogP contribution < -0.4 is 10.6 Å². The summed E-state index contributed by atoms with van der Waals surface area (Å²) in [5.41, 5.74) is 2.56. The Hall–Kier alpha value is -2.90. The van der Waals surface area contributed by atoms with Crippen LogP contribution >= 0.6 is 22.9 Å². The minimum absolute atomic E-state index is 0.246. The van der Waals surface area contributed by atoms with Crippen molar-refractivity contribution < 1.29 is 4.79 Å². The number of carbonyl (C=O) groups is 1. The van der Waals surface area contributed by atoms with Gasteiger partial charge in [0.05, 0.1) is 5.69 Å². The molecule has 2 N–H and O–H groups in total. The monoisotopic (exact) mass is 369 g/mol. The molecule has 6 nitrogen and oxygen atoms in total. The van der Waals surface area contributed by atoms with Gasteiger partial charge in [0, 0.05) is 21.7 Å². The molecule has 0 spiro atoms. The van der Waals surface area contributed by atoms with E-state index in [4.69, 9.17) is 11.6 Å². The van der Waals surface area contributed by atoms with Crippen molar-refractivity contribution in [2.75, 3.05) is 10.6 Å². The minimum atomic E-state index is -0.391. The second-order valence-corrected chi connectivity index (χ2v) is 6.48. The van der Waals surface area contributed by atoms with Gasteiger partial charge in [-0.15, -0.1) is 16.4 Å². The lowest BCUT2D eigenvalue weighted by Gasteiger charge is -2.04. The molecule has 0 aliphatic rings. The van der Waals surface area contributed by atoms with Gasteiger partial charge in [0.2, 0.25) is 4.96 Å². The van der Waals surface area contributed by atoms with Crippen LogP contribution in [-0.4, -0.2) is 20.6 Å². The second-order valence-electron chi connectivity index (χ2n) is 5.20. The largest absolute Gasteiger partial charge is 0.326 e. The predicted octanol–water partition coefficient (Wildman–Crippen LogP) is 4.76. The van der Waals surface area contributed by atoms with Crippen LogP contribution in [0.2, 0.25) is 5.02 Å². The number of fused-ring (bicyclic) bond motifs is 1. The molecule has 4 rings (SSSR count). The quantitative estimate of drug-likeness (QED) is 0.547. The highest BCUT2D eigenvalue weighted by atomic mass is 35.5. The summed E-state index contributed by atoms with van der Waals surface area (Å²) in [6.07, 6.45) is 0. The van der Waals surface area contributed by atoms with Gasteiger partial charge < -0.3 is 5.32 Å². The number of urea groups is 1. The van der Waals surface area contributed by atoms with Crippen molar-refractivity contribution in [2.45, 2.75) is 0 Å². The van der Waals surface area contributed by atoms with Crippen molar-refractivity contribution in [1.29, 1.82) is 0 Å². The van der Waals surface area contributed by atoms with Gasteiger partial charge in [-0.2, -0.15) is 4.98 Å². The Morgan fingerprint density at radius 2 is 1.80 bits per heavy atom. The highest BCUT2D eigenvalue weighted by Crippen LogP contribution is 2.26. The zero-order valence-electron chi connectivity index (χ0n) is 12.8. The number of nitrogens with one attached hydrogen (secondary N) is 2. The van der Waals surface area contributed by atoms with Gasteiger partial charge in [0.15, 0.2) is 0 Å². The van der Waals surface area contributed by atoms with Gasteiger partial charge in [-0.3, -0.25) is 5.32 Å². The Balaban J connectivity index is 1.55. The number of rotatable bonds is 3. The summed E-state index contributed by atoms with van der Waals surface area (Å²) < 4.78 is 1.70. The first-order chi connectivity index (χ1) is 12.2. The highest BCUT2D eigenvalue weighted by molar-refractivity contribution is 7.15. The lowest BCUT2D eigenvalue weighted by molar-refractivity contribution is 0.262. The van der Waals surface area contributed by atoms with E-state index in [2.05, 4.69) is 20.7 Å². The number of thiazole rings is 1. The molecule has 2 aromatic carbocycles. The molecule has 0 radical (unpaired) electrons. The zero-order chi connectivity index (χ0) is 17.2. The SMILES string of the molecule is O=C(Nc1ccccc1)Nc1nc2scc(-c3ccc(Cl)cc3)n2n1. The van der Waals surface area contributed by atoms with E-state index in [0.29, 0.717) is 15.7 Å². The molecule has 0 unspecified atom stereocenters. The van der Waals surface area contributed by atoms with Crippen molar-refractivity contribution in [3.8, 4) is 11.3 Å². The molecule has 0 saturated carbocycles. The predicted molar refractivity (Wildman–Crippen MR) is 100 cm³/mol. The number of hydrogen-bond donors (Lipinski definition) is 2. The zero-order valence-corrected chi connectivity index (χ0v) is 14.4. The molecule has 0 aliphatic heterocycles. The number of nitrogens with zero attached hydrogens (tertiary/aromatic N) is 3. The summed E-state index contributed by atoms with van der Waals surface area (Å²) in [6, 6.07) is 16.3. The Morgan fingerprint density at radius 1 is 1.04 bits per heavy atom. The molecule has 0 aliphatic carbocycles. The maximum atomic E-state index is 12.1. The van der Waals surface area contributed by atoms with E-state index in [1.54, 1.807) is 16.6 Å². The molecule has 0 fully saturated rings. The van der Waals surface area contributed by atoms with E-state index in [1.165, 1.54) is 11.3 Å². The van der Waals surface area contributed by atoms with Crippen LogP contribution in [0.25, 0.3) is 16.2 Å². The Labute approximate surface area is 152 Å². The fraction of sp³-hybridized carbons (Fsp3) is 0. The van der Waals surface area contributed by atoms with Crippen LogP contribution in [-0.2, 0) is 0 Å². The fourth-order valence-corrected chi connectivity index (χ4v) is 3.30. The Kier molecular flexibility index (Phi) is 4.09. The van der Waals surface area contributed by atoms with E-state index in [0.717, 1.165) is 11.3 Å². The smallest absolute Gasteiger partial charge is 0.308 e. The highest BCUT2D eigenvalue weighted by Gasteiger charge is 2.13. The number of aromatic nitrogens is 3. The van der Waals surface area contributed by atoms with Gasteiger partial charge in [-0.1, -0.05) is 41.9 Å². The molecule has 0 bridgehead atoms. The van der Waals surface area contributed by atoms with Crippen LogP contribution in [0, 0.1) is 0 Å². The summed E-state index contributed by atoms with van der Waals surface area (Å²) in [5.74, 6) is 0.246. The van der Waals surface area contributed by atoms with Gasteiger partial charge in [-0.25, -0.2) is 9.31 Å². The standard InChI is InChI=1S/C17H12ClN5OS/c18-12-8-6-11(7-9-12)14-10-25-17-21-15(22-23(14)17)20-16(24)19-13-4-2-1-3-5-13/h1-10H,(H2,19,20,22,24). The fourth-order valence-electron chi connectivity index (χ4n) is 2.34. The summed E-state index contributed by atoms with van der Waals surface area (Å²) >= 11 is 7.38. The Morgan fingerprint density at radius 3 is 2.56 bits per heavy atom. The number of halogens is 1. The number of amides is 2. The van der Waals surface area contributed by atoms with Crippen LogP contribution in [0.4, 0.5) is 16.4 Å². The second kappa shape index (κ2) is 6.54. The van der Waals surface area contributed by atoms with E-state index in [1.807, 2.05) is 47.8 Å². The maximum absolute atomic E-state index is 12.1. The lowest BCUT2D eigenvalue weighted by atomic mass is 10.2. The normalized spacial score (nSPS) is 10.8. The molecule has 124 valence electrons. The first kappa shape index (κ1) is 15.6. The van der Waals surface area contributed by atoms with E-state index in [9.17, 15) is 4.79 Å². The first-order valence-electron chi connectivity index (χ1n) is 7.42. The number of carbonyl (C=O) groups excluding carboxylic acids is 1. The van der Waals surface area contributed by atoms with Crippen molar-refractivity contribution in [2.24, 2.45) is 0 Å². The van der Waals surface area contributed by atoms with Gasteiger partial charge in [0.1, 0.15) is 0 Å². The van der Waals surface area contributed by atoms with Gasteiger partial charge in [0.25, 0.3) is 5.95 Å². The molecular weight excluding hydrogens is 358 g/mol. The van der Waals surface area contributed by atoms with E-state index < -0.39 is 6.03 Å². The van der Waals surface area contributed by atoms with Crippen molar-refractivity contribution in [3.05, 3.63) is 65.0 Å². The van der Waals surface area contributed by atoms with Crippen LogP contribution in [0.15, 0.2) is 60.0 Å². The van der Waals surface area contributed by atoms with E-state index in [-0.39, 0.29) is 5.95 Å². The van der Waals surface area contributed by atoms with Gasteiger partial charge in [-0.05, 0) is 24.3 Å². The third-order valence-corrected chi connectivity index (χ3v) is 4.55. The summed E-state index contributed by atoms with van der Waals surface area (Å²) in [6.45, 7) is 0. The molecule has 4 aromatic rings. The summed E-state index contributed by atoms with van der Waals surface area (Å²) in [5, 5.41) is 12.4. The Bertz CT molecular complexity index is 1030. The topological polar surface area (TPSA) is 71.3 Å². The molecule has 0 atom stereocenters. The lowest BCUT2D eigenvalue weighted by Crippen LogP contribution is -2.20. The molecule has 8 heteroatoms. The molecule has 0 saturated heterocycles. The average molecular weight is 370 g/mol. The van der Waals surface area contributed by atoms with Crippen LogP contribution in [0.1, 0.15) is 0 Å². The number of para-hydroxylation sites is 1. The van der Waals surface area contributed by atoms with Crippen LogP contribution in [0.5, 0.6) is 0 Å². The summed E-state index contributed by atoms with van der Waals surface area (Å²) in [7, 11) is 0. The van der Waals surface area contributed by atoms with Gasteiger partial charge >= 0.3 is 6.03 Å². The molecule has 2 aromatic heterocycles. The minimum Gasteiger partial charge on any atom is -0.308 e. The number of anilines is 2. The maximum Gasteiger partial charge on any atom is 0.326 e. The van der Waals surface area contributed by atoms with Crippen LogP contribution in [0.3, 0.4) is 0 Å². The molecule has 2 amide bonds. The van der Waals surface area contributed by atoms with E-state index >= 15 is 0 Å². The molecule has 25 heavy (non-hydrogen) atoms. The van der Waals surface area contributed by atoms with Crippen molar-refractivity contribution in [3.63, 3.8) is 0 Å². The first-order valence-corrected chi connectivity index (χ1v) is 8.68. The number of hydrogen-bond acceptors (Lipinski definition) is 4. The van der Waals surface area contributed by atoms with Crippen molar-refractivity contribution in [1.82, 2.24) is 14.6 Å². The third-order valence-electron chi connectivity index (χ3n) is 3.48.